The predicted molar refractivity (Wildman–Crippen MR) is 271 cm³/mol. The van der Waals surface area contributed by atoms with Gasteiger partial charge in [0.25, 0.3) is 0 Å². The third-order valence-electron chi connectivity index (χ3n) is 13.9. The van der Waals surface area contributed by atoms with Crippen LogP contribution in [0.2, 0.25) is 0 Å². The van der Waals surface area contributed by atoms with E-state index in [2.05, 4.69) is 215 Å². The second-order valence-corrected chi connectivity index (χ2v) is 19.2. The molecule has 10 aromatic carbocycles. The van der Waals surface area contributed by atoms with Gasteiger partial charge >= 0.3 is 0 Å². The molecule has 0 atom stereocenters. The molecule has 4 aromatic heterocycles. The Hall–Kier alpha value is -7.76. The Labute approximate surface area is 373 Å². The first kappa shape index (κ1) is 34.8. The highest BCUT2D eigenvalue weighted by Gasteiger charge is 2.21. The molecule has 15 rings (SSSR count). The van der Waals surface area contributed by atoms with Crippen LogP contribution in [0.25, 0.3) is 95.3 Å². The minimum Gasteiger partial charge on any atom is -0.309 e. The lowest BCUT2D eigenvalue weighted by Gasteiger charge is -2.10. The van der Waals surface area contributed by atoms with E-state index in [0.717, 1.165) is 11.4 Å². The number of para-hydroxylation sites is 4. The molecule has 14 aromatic rings. The lowest BCUT2D eigenvalue weighted by Crippen LogP contribution is -1.96. The van der Waals surface area contributed by atoms with Crippen molar-refractivity contribution in [1.82, 2.24) is 9.13 Å². The predicted octanol–water partition coefficient (Wildman–Crippen LogP) is 16.1. The summed E-state index contributed by atoms with van der Waals surface area (Å²) in [6.07, 6.45) is 0. The largest absolute Gasteiger partial charge is 0.309 e. The maximum atomic E-state index is 2.47. The van der Waals surface area contributed by atoms with Crippen molar-refractivity contribution in [3.63, 3.8) is 0 Å². The SMILES string of the molecule is c1ccc(-n2c3ccccc3c3c4c(ccc32)=c2ccc3c(c2=c2c(ccc5sc6ccccc6c25)=c2ccc5sc6ccccc6c5c2=4)c2ccccc2n3-c2ccccc2)cc1. The molecular formula is C60H34N2S2. The van der Waals surface area contributed by atoms with Gasteiger partial charge in [0.1, 0.15) is 0 Å². The lowest BCUT2D eigenvalue weighted by atomic mass is 9.94. The standard InChI is InChI=1S/C60H34N2S2/c1-3-15-35(16-4-1)61-45-23-11-7-19-41(45)53-47(61)31-27-37-38-28-32-48-54(42-20-8-12-24-46(42)62(48)36-17-5-2-6-18-36)58(38)60-40(30-34-52-56(60)44-22-10-14-26-50(44)64-52)39-29-33-51-55(59(39)57(37)53)43-21-9-13-25-49(43)63-51/h1-34H. The van der Waals surface area contributed by atoms with Crippen LogP contribution in [0.5, 0.6) is 0 Å². The minimum atomic E-state index is 1.16. The summed E-state index contributed by atoms with van der Waals surface area (Å²) in [6.45, 7) is 0. The molecule has 0 saturated carbocycles. The number of fused-ring (bicyclic) bond motifs is 20. The van der Waals surface area contributed by atoms with Crippen LogP contribution in [0.4, 0.5) is 0 Å². The van der Waals surface area contributed by atoms with Crippen LogP contribution in [0.1, 0.15) is 0 Å². The Morgan fingerprint density at radius 1 is 0.234 bits per heavy atom. The van der Waals surface area contributed by atoms with Crippen molar-refractivity contribution in [3.05, 3.63) is 248 Å². The van der Waals surface area contributed by atoms with Crippen molar-refractivity contribution in [2.75, 3.05) is 0 Å². The number of hydrogen-bond donors (Lipinski definition) is 0. The fraction of sp³-hybridized carbons (Fsp3) is 0. The van der Waals surface area contributed by atoms with E-state index in [4.69, 9.17) is 0 Å². The third kappa shape index (κ3) is 4.53. The molecule has 0 unspecified atom stereocenters. The average molecular weight is 847 g/mol. The van der Waals surface area contributed by atoms with Crippen molar-refractivity contribution in [3.8, 4) is 11.4 Å². The molecular weight excluding hydrogens is 813 g/mol. The number of aromatic nitrogens is 2. The van der Waals surface area contributed by atoms with Gasteiger partial charge in [0.15, 0.2) is 0 Å². The fourth-order valence-corrected chi connectivity index (χ4v) is 13.6. The normalized spacial score (nSPS) is 12.4. The van der Waals surface area contributed by atoms with E-state index in [9.17, 15) is 0 Å². The van der Waals surface area contributed by atoms with E-state index in [1.54, 1.807) is 0 Å². The van der Waals surface area contributed by atoms with Crippen molar-refractivity contribution < 1.29 is 0 Å². The molecule has 0 fully saturated rings. The van der Waals surface area contributed by atoms with E-state index in [0.29, 0.717) is 0 Å². The van der Waals surface area contributed by atoms with Gasteiger partial charge in [-0.25, -0.2) is 0 Å². The zero-order valence-corrected chi connectivity index (χ0v) is 36.0. The molecule has 4 heterocycles. The average Bonchev–Trinajstić information content (AvgIpc) is 4.11. The summed E-state index contributed by atoms with van der Waals surface area (Å²) < 4.78 is 10.2. The highest BCUT2D eigenvalue weighted by Crippen LogP contribution is 2.42. The molecule has 64 heavy (non-hydrogen) atoms. The minimum absolute atomic E-state index is 1.16. The quantitative estimate of drug-likeness (QED) is 0.164. The molecule has 0 aliphatic heterocycles. The van der Waals surface area contributed by atoms with Gasteiger partial charge in [0.05, 0.1) is 22.1 Å². The van der Waals surface area contributed by atoms with Gasteiger partial charge in [0, 0.05) is 94.1 Å². The molecule has 0 amide bonds. The first-order valence-electron chi connectivity index (χ1n) is 21.9. The summed E-state index contributed by atoms with van der Waals surface area (Å²) in [6, 6.07) is 77.3. The molecule has 0 bridgehead atoms. The van der Waals surface area contributed by atoms with Crippen LogP contribution in [0.3, 0.4) is 0 Å². The molecule has 1 aliphatic rings. The van der Waals surface area contributed by atoms with Gasteiger partial charge in [-0.15, -0.1) is 22.7 Å². The van der Waals surface area contributed by atoms with E-state index in [1.165, 1.54) is 126 Å². The van der Waals surface area contributed by atoms with E-state index >= 15 is 0 Å². The van der Waals surface area contributed by atoms with Crippen molar-refractivity contribution in [2.24, 2.45) is 0 Å². The first-order valence-corrected chi connectivity index (χ1v) is 23.6. The van der Waals surface area contributed by atoms with Crippen molar-refractivity contribution >= 4 is 107 Å². The Morgan fingerprint density at radius 3 is 1.02 bits per heavy atom. The van der Waals surface area contributed by atoms with Crippen LogP contribution < -0.4 is 0 Å². The van der Waals surface area contributed by atoms with Gasteiger partial charge in [-0.2, -0.15) is 0 Å². The summed E-state index contributed by atoms with van der Waals surface area (Å²) in [5.74, 6) is 0. The summed E-state index contributed by atoms with van der Waals surface area (Å²) in [5.41, 5.74) is 7.14. The molecule has 0 spiro atoms. The number of hydrogen-bond acceptors (Lipinski definition) is 2. The summed E-state index contributed by atoms with van der Waals surface area (Å²) in [4.78, 5) is 0. The maximum Gasteiger partial charge on any atom is 0.0547 e. The van der Waals surface area contributed by atoms with Crippen molar-refractivity contribution in [2.45, 2.75) is 0 Å². The van der Waals surface area contributed by atoms with Crippen LogP contribution in [-0.4, -0.2) is 9.13 Å². The lowest BCUT2D eigenvalue weighted by molar-refractivity contribution is 1.18. The van der Waals surface area contributed by atoms with Crippen LogP contribution >= 0.6 is 22.7 Å². The highest BCUT2D eigenvalue weighted by molar-refractivity contribution is 7.26. The van der Waals surface area contributed by atoms with Gasteiger partial charge < -0.3 is 9.13 Å². The Balaban J connectivity index is 1.39. The molecule has 4 heteroatoms. The first-order chi connectivity index (χ1) is 31.8. The second kappa shape index (κ2) is 12.9. The molecule has 0 radical (unpaired) electrons. The van der Waals surface area contributed by atoms with E-state index in [-0.39, 0.29) is 0 Å². The van der Waals surface area contributed by atoms with Crippen LogP contribution in [0.15, 0.2) is 206 Å². The zero-order valence-electron chi connectivity index (χ0n) is 34.3. The van der Waals surface area contributed by atoms with Gasteiger partial charge in [-0.3, -0.25) is 0 Å². The topological polar surface area (TPSA) is 9.86 Å². The molecule has 0 saturated heterocycles. The molecule has 1 aliphatic carbocycles. The summed E-state index contributed by atoms with van der Waals surface area (Å²) in [7, 11) is 0. The Bertz CT molecular complexity index is 4470. The number of thiophene rings is 2. The zero-order chi connectivity index (χ0) is 41.6. The second-order valence-electron chi connectivity index (χ2n) is 17.1. The molecule has 296 valence electrons. The highest BCUT2D eigenvalue weighted by atomic mass is 32.1. The summed E-state index contributed by atoms with van der Waals surface area (Å²) >= 11 is 3.81. The third-order valence-corrected chi connectivity index (χ3v) is 16.1. The van der Waals surface area contributed by atoms with Crippen molar-refractivity contribution in [1.29, 1.82) is 0 Å². The summed E-state index contributed by atoms with van der Waals surface area (Å²) in [5, 5.41) is 20.6. The number of rotatable bonds is 2. The van der Waals surface area contributed by atoms with Gasteiger partial charge in [-0.1, -0.05) is 133 Å². The number of nitrogens with zero attached hydrogens (tertiary/aromatic N) is 2. The van der Waals surface area contributed by atoms with Crippen LogP contribution in [0, 0.1) is 41.7 Å². The fourth-order valence-electron chi connectivity index (χ4n) is 11.4. The van der Waals surface area contributed by atoms with Gasteiger partial charge in [-0.05, 0) is 93.7 Å². The van der Waals surface area contributed by atoms with E-state index in [1.807, 2.05) is 22.7 Å². The van der Waals surface area contributed by atoms with Gasteiger partial charge in [0.2, 0.25) is 0 Å². The Morgan fingerprint density at radius 2 is 0.578 bits per heavy atom. The van der Waals surface area contributed by atoms with E-state index < -0.39 is 0 Å². The maximum absolute atomic E-state index is 2.47. The van der Waals surface area contributed by atoms with Crippen LogP contribution in [-0.2, 0) is 0 Å². The monoisotopic (exact) mass is 846 g/mol. The number of benzene rings is 10. The molecule has 0 N–H and O–H groups in total. The smallest absolute Gasteiger partial charge is 0.0547 e. The Kier molecular flexibility index (Phi) is 7.01. The molecule has 2 nitrogen and oxygen atoms in total.